The lowest BCUT2D eigenvalue weighted by Crippen LogP contribution is -2.37. The molecule has 0 spiro atoms. The zero-order valence-electron chi connectivity index (χ0n) is 8.67. The molecule has 1 aliphatic rings. The normalized spacial score (nSPS) is 30.0. The molecule has 0 saturated carbocycles. The summed E-state index contributed by atoms with van der Waals surface area (Å²) in [7, 11) is 0. The van der Waals surface area contributed by atoms with Crippen molar-refractivity contribution < 1.29 is 5.11 Å². The topological polar surface area (TPSA) is 23.5 Å². The summed E-state index contributed by atoms with van der Waals surface area (Å²) in [5.41, 5.74) is 0.387. The molecule has 1 saturated heterocycles. The van der Waals surface area contributed by atoms with Gasteiger partial charge in [0.2, 0.25) is 0 Å². The van der Waals surface area contributed by atoms with Crippen LogP contribution in [0.15, 0.2) is 0 Å². The van der Waals surface area contributed by atoms with E-state index in [1.807, 2.05) is 0 Å². The summed E-state index contributed by atoms with van der Waals surface area (Å²) < 4.78 is 0. The molecule has 1 fully saturated rings. The highest BCUT2D eigenvalue weighted by Gasteiger charge is 2.37. The Balaban J connectivity index is 2.63. The maximum Gasteiger partial charge on any atom is 0.0587 e. The van der Waals surface area contributed by atoms with E-state index in [9.17, 15) is 5.11 Å². The highest BCUT2D eigenvalue weighted by molar-refractivity contribution is 4.91. The van der Waals surface area contributed by atoms with E-state index in [1.54, 1.807) is 0 Å². The molecule has 0 bridgehead atoms. The van der Waals surface area contributed by atoms with Gasteiger partial charge in [-0.25, -0.2) is 0 Å². The number of hydrogen-bond acceptors (Lipinski definition) is 2. The van der Waals surface area contributed by atoms with Crippen molar-refractivity contribution in [3.8, 4) is 0 Å². The van der Waals surface area contributed by atoms with Gasteiger partial charge < -0.3 is 5.11 Å². The van der Waals surface area contributed by atoms with Gasteiger partial charge in [0.15, 0.2) is 0 Å². The van der Waals surface area contributed by atoms with Crippen LogP contribution in [-0.4, -0.2) is 35.2 Å². The maximum absolute atomic E-state index is 9.18. The first-order valence-electron chi connectivity index (χ1n) is 4.83. The van der Waals surface area contributed by atoms with Gasteiger partial charge >= 0.3 is 0 Å². The summed E-state index contributed by atoms with van der Waals surface area (Å²) in [6, 6.07) is 0.948. The Labute approximate surface area is 75.6 Å². The molecular formula is C10H21NO. The van der Waals surface area contributed by atoms with E-state index in [4.69, 9.17) is 0 Å². The second-order valence-electron chi connectivity index (χ2n) is 4.97. The lowest BCUT2D eigenvalue weighted by molar-refractivity contribution is 0.131. The number of rotatable bonds is 2. The Kier molecular flexibility index (Phi) is 2.79. The Morgan fingerprint density at radius 3 is 2.42 bits per heavy atom. The van der Waals surface area contributed by atoms with Crippen molar-refractivity contribution >= 4 is 0 Å². The highest BCUT2D eigenvalue weighted by Crippen LogP contribution is 2.34. The van der Waals surface area contributed by atoms with Crippen LogP contribution in [-0.2, 0) is 0 Å². The molecule has 2 nitrogen and oxygen atoms in total. The van der Waals surface area contributed by atoms with E-state index in [0.717, 1.165) is 13.0 Å². The number of nitrogens with zero attached hydrogens (tertiary/aromatic N) is 1. The molecule has 0 aromatic carbocycles. The summed E-state index contributed by atoms with van der Waals surface area (Å²) in [5.74, 6) is 0. The minimum Gasteiger partial charge on any atom is -0.395 e. The van der Waals surface area contributed by atoms with Crippen LogP contribution in [0.4, 0.5) is 0 Å². The van der Waals surface area contributed by atoms with Crippen LogP contribution in [0.3, 0.4) is 0 Å². The first-order chi connectivity index (χ1) is 5.46. The SMILES string of the molecule is CC(C)N1CC(C)(C)C[C@@H]1CO. The van der Waals surface area contributed by atoms with Gasteiger partial charge in [0, 0.05) is 18.6 Å². The van der Waals surface area contributed by atoms with E-state index >= 15 is 0 Å². The van der Waals surface area contributed by atoms with Crippen LogP contribution < -0.4 is 0 Å². The average molecular weight is 171 g/mol. The Morgan fingerprint density at radius 1 is 1.50 bits per heavy atom. The number of likely N-dealkylation sites (tertiary alicyclic amines) is 1. The smallest absolute Gasteiger partial charge is 0.0587 e. The fraction of sp³-hybridized carbons (Fsp3) is 1.00. The van der Waals surface area contributed by atoms with Crippen molar-refractivity contribution in [1.82, 2.24) is 4.90 Å². The molecule has 0 aromatic rings. The van der Waals surface area contributed by atoms with Crippen LogP contribution >= 0.6 is 0 Å². The Hall–Kier alpha value is -0.0800. The van der Waals surface area contributed by atoms with Gasteiger partial charge in [-0.1, -0.05) is 13.8 Å². The molecular weight excluding hydrogens is 150 g/mol. The standard InChI is InChI=1S/C10H21NO/c1-8(2)11-7-10(3,4)5-9(11)6-12/h8-9,12H,5-7H2,1-4H3/t9-/m1/s1. The van der Waals surface area contributed by atoms with Crippen LogP contribution in [0.5, 0.6) is 0 Å². The number of aliphatic hydroxyl groups is 1. The number of hydrogen-bond donors (Lipinski definition) is 1. The Morgan fingerprint density at radius 2 is 2.08 bits per heavy atom. The van der Waals surface area contributed by atoms with Gasteiger partial charge in [-0.2, -0.15) is 0 Å². The minimum atomic E-state index is 0.307. The van der Waals surface area contributed by atoms with Crippen molar-refractivity contribution in [3.05, 3.63) is 0 Å². The molecule has 0 radical (unpaired) electrons. The molecule has 1 heterocycles. The van der Waals surface area contributed by atoms with Crippen molar-refractivity contribution in [1.29, 1.82) is 0 Å². The molecule has 2 heteroatoms. The van der Waals surface area contributed by atoms with Crippen LogP contribution in [0.1, 0.15) is 34.1 Å². The summed E-state index contributed by atoms with van der Waals surface area (Å²) >= 11 is 0. The molecule has 0 aliphatic carbocycles. The third-order valence-electron chi connectivity index (χ3n) is 2.74. The molecule has 72 valence electrons. The highest BCUT2D eigenvalue weighted by atomic mass is 16.3. The first-order valence-corrected chi connectivity index (χ1v) is 4.83. The van der Waals surface area contributed by atoms with Crippen molar-refractivity contribution in [3.63, 3.8) is 0 Å². The molecule has 1 rings (SSSR count). The predicted molar refractivity (Wildman–Crippen MR) is 51.1 cm³/mol. The van der Waals surface area contributed by atoms with Crippen molar-refractivity contribution in [2.24, 2.45) is 5.41 Å². The van der Waals surface area contributed by atoms with E-state index in [1.165, 1.54) is 0 Å². The molecule has 0 amide bonds. The maximum atomic E-state index is 9.18. The van der Waals surface area contributed by atoms with Gasteiger partial charge in [0.05, 0.1) is 6.61 Å². The molecule has 12 heavy (non-hydrogen) atoms. The first kappa shape index (κ1) is 10.0. The van der Waals surface area contributed by atoms with Gasteiger partial charge in [0.1, 0.15) is 0 Å². The van der Waals surface area contributed by atoms with Crippen LogP contribution in [0, 0.1) is 5.41 Å². The second kappa shape index (κ2) is 3.35. The van der Waals surface area contributed by atoms with E-state index in [2.05, 4.69) is 32.6 Å². The predicted octanol–water partition coefficient (Wildman–Crippen LogP) is 1.49. The third-order valence-corrected chi connectivity index (χ3v) is 2.74. The molecule has 1 atom stereocenters. The Bertz CT molecular complexity index is 154. The summed E-state index contributed by atoms with van der Waals surface area (Å²) in [6.07, 6.45) is 1.13. The fourth-order valence-electron chi connectivity index (χ4n) is 2.22. The van der Waals surface area contributed by atoms with Crippen LogP contribution in [0.25, 0.3) is 0 Å². The second-order valence-corrected chi connectivity index (χ2v) is 4.97. The molecule has 0 unspecified atom stereocenters. The lowest BCUT2D eigenvalue weighted by Gasteiger charge is -2.27. The molecule has 1 aliphatic heterocycles. The zero-order chi connectivity index (χ0) is 9.35. The monoisotopic (exact) mass is 171 g/mol. The fourth-order valence-corrected chi connectivity index (χ4v) is 2.22. The van der Waals surface area contributed by atoms with Gasteiger partial charge in [-0.15, -0.1) is 0 Å². The summed E-state index contributed by atoms with van der Waals surface area (Å²) in [6.45, 7) is 10.4. The van der Waals surface area contributed by atoms with Crippen molar-refractivity contribution in [2.75, 3.05) is 13.2 Å². The quantitative estimate of drug-likeness (QED) is 0.680. The van der Waals surface area contributed by atoms with Gasteiger partial charge in [-0.3, -0.25) is 4.90 Å². The third kappa shape index (κ3) is 1.99. The van der Waals surface area contributed by atoms with Gasteiger partial charge in [-0.05, 0) is 25.7 Å². The van der Waals surface area contributed by atoms with E-state index in [0.29, 0.717) is 24.1 Å². The van der Waals surface area contributed by atoms with Gasteiger partial charge in [0.25, 0.3) is 0 Å². The summed E-state index contributed by atoms with van der Waals surface area (Å²) in [5, 5.41) is 9.18. The molecule has 1 N–H and O–H groups in total. The minimum absolute atomic E-state index is 0.307. The summed E-state index contributed by atoms with van der Waals surface area (Å²) in [4.78, 5) is 2.40. The largest absolute Gasteiger partial charge is 0.395 e. The molecule has 0 aromatic heterocycles. The zero-order valence-corrected chi connectivity index (χ0v) is 8.67. The average Bonchev–Trinajstić information content (AvgIpc) is 2.25. The van der Waals surface area contributed by atoms with E-state index in [-0.39, 0.29) is 0 Å². The van der Waals surface area contributed by atoms with Crippen LogP contribution in [0.2, 0.25) is 0 Å². The van der Waals surface area contributed by atoms with Crippen molar-refractivity contribution in [2.45, 2.75) is 46.2 Å². The van der Waals surface area contributed by atoms with E-state index < -0.39 is 0 Å². The lowest BCUT2D eigenvalue weighted by atomic mass is 9.91. The number of aliphatic hydroxyl groups excluding tert-OH is 1.